The lowest BCUT2D eigenvalue weighted by molar-refractivity contribution is -0.438. The number of ether oxygens (including phenoxy) is 3. The number of carbonyl (C=O) groups excluding carboxylic acids is 1. The number of hydrogen-bond acceptors (Lipinski definition) is 7. The number of carbonyl (C=O) groups is 1. The van der Waals surface area contributed by atoms with Crippen LogP contribution in [-0.4, -0.2) is 98.8 Å². The molecule has 0 atom stereocenters. The first kappa shape index (κ1) is 50.3. The number of halogens is 1. The highest BCUT2D eigenvalue weighted by Gasteiger charge is 2.45. The SMILES string of the molecule is CC1(C)C(/C=C/C2=C(Cl)C(=C/C=c3\c4cccc5cccc(c54)n3CCCS(=O)(=O)O)/c3ccccc32)=[N+](CCCCCC(=O)NCCOCCOCCOCCN=[N+]=[N-])c2ccc3ccccc3c21. The first-order valence-electron chi connectivity index (χ1n) is 24.0. The van der Waals surface area contributed by atoms with Crippen molar-refractivity contribution in [3.05, 3.63) is 153 Å². The molecule has 6 aromatic rings. The van der Waals surface area contributed by atoms with Gasteiger partial charge in [-0.05, 0) is 90.2 Å². The van der Waals surface area contributed by atoms with E-state index in [0.29, 0.717) is 70.7 Å². The van der Waals surface area contributed by atoms with Crippen molar-refractivity contribution in [2.75, 3.05) is 65.0 Å². The van der Waals surface area contributed by atoms with Crippen molar-refractivity contribution in [3.63, 3.8) is 0 Å². The fourth-order valence-electron chi connectivity index (χ4n) is 9.90. The monoisotopic (exact) mass is 983 g/mol. The number of unbranched alkanes of at least 4 members (excludes halogenated alkanes) is 2. The molecule has 0 radical (unpaired) electrons. The molecule has 0 saturated heterocycles. The zero-order valence-electron chi connectivity index (χ0n) is 39.8. The van der Waals surface area contributed by atoms with Crippen LogP contribution in [-0.2, 0) is 41.1 Å². The Hall–Kier alpha value is -6.09. The van der Waals surface area contributed by atoms with Gasteiger partial charge in [-0.15, -0.1) is 0 Å². The fraction of sp³-hybridized carbons (Fsp3) is 0.345. The van der Waals surface area contributed by atoms with Gasteiger partial charge in [-0.1, -0.05) is 102 Å². The molecule has 0 fully saturated rings. The van der Waals surface area contributed by atoms with Crippen molar-refractivity contribution >= 4 is 88.7 Å². The summed E-state index contributed by atoms with van der Waals surface area (Å²) in [5.41, 5.74) is 16.5. The molecule has 1 aromatic heterocycles. The quantitative estimate of drug-likeness (QED) is 0.0144. The molecule has 5 aromatic carbocycles. The summed E-state index contributed by atoms with van der Waals surface area (Å²) in [5.74, 6) is -0.314. The molecule has 70 heavy (non-hydrogen) atoms. The van der Waals surface area contributed by atoms with E-state index < -0.39 is 10.1 Å². The normalized spacial score (nSPS) is 15.3. The number of fused-ring (bicyclic) bond motifs is 4. The van der Waals surface area contributed by atoms with Gasteiger partial charge in [0, 0.05) is 87.9 Å². The van der Waals surface area contributed by atoms with Crippen LogP contribution in [0.1, 0.15) is 62.6 Å². The topological polar surface area (TPSA) is 168 Å². The molecule has 2 N–H and O–H groups in total. The molecular weight excluding hydrogens is 924 g/mol. The van der Waals surface area contributed by atoms with E-state index in [1.54, 1.807) is 0 Å². The summed E-state index contributed by atoms with van der Waals surface area (Å²) < 4.78 is 53.9. The second-order valence-electron chi connectivity index (χ2n) is 18.0. The highest BCUT2D eigenvalue weighted by molar-refractivity contribution is 7.85. The predicted molar refractivity (Wildman–Crippen MR) is 281 cm³/mol. The zero-order chi connectivity index (χ0) is 49.1. The third-order valence-corrected chi connectivity index (χ3v) is 14.3. The van der Waals surface area contributed by atoms with Gasteiger partial charge < -0.3 is 24.1 Å². The van der Waals surface area contributed by atoms with Crippen LogP contribution in [0.5, 0.6) is 0 Å². The summed E-state index contributed by atoms with van der Waals surface area (Å²) in [6.45, 7) is 8.98. The van der Waals surface area contributed by atoms with Crippen molar-refractivity contribution in [2.45, 2.75) is 57.9 Å². The van der Waals surface area contributed by atoms with E-state index in [2.05, 4.69) is 135 Å². The summed E-state index contributed by atoms with van der Waals surface area (Å²) in [4.78, 5) is 15.4. The Balaban J connectivity index is 0.983. The number of aryl methyl sites for hydroxylation is 1. The maximum absolute atomic E-state index is 12.7. The van der Waals surface area contributed by atoms with Crippen molar-refractivity contribution in [1.82, 2.24) is 9.88 Å². The Morgan fingerprint density at radius 3 is 2.30 bits per heavy atom. The molecule has 0 saturated carbocycles. The molecule has 1 aliphatic carbocycles. The molecule has 1 amide bonds. The standard InChI is InChI=1S/C55H59ClN6O7S/c1-55(2)50(62(49-25-22-39-13-5-6-16-41(39)53(49)55)30-9-3-4-21-51(63)58-28-32-67-34-36-69-37-35-68-33-29-59-60-57)27-24-45-43-18-8-7-17-42(43)44(54(45)56)23-26-47-46-19-10-14-40-15-11-20-48(52(40)46)61(47)31-12-38-70(64,65)66/h5-8,10-11,13-20,22-27H,3-4,9,12,21,28-38H2,1-2H3,(H-,58,63,64,65,66)/p+1. The van der Waals surface area contributed by atoms with E-state index in [9.17, 15) is 17.8 Å². The number of aromatic nitrogens is 1. The number of benzene rings is 5. The van der Waals surface area contributed by atoms with E-state index in [1.807, 2.05) is 24.3 Å². The highest BCUT2D eigenvalue weighted by atomic mass is 35.5. The van der Waals surface area contributed by atoms with Crippen LogP contribution >= 0.6 is 11.6 Å². The Labute approximate surface area is 414 Å². The minimum atomic E-state index is -4.11. The van der Waals surface area contributed by atoms with Crippen LogP contribution in [0.2, 0.25) is 0 Å². The highest BCUT2D eigenvalue weighted by Crippen LogP contribution is 2.47. The second kappa shape index (κ2) is 23.2. The largest absolute Gasteiger partial charge is 0.379 e. The fourth-order valence-corrected chi connectivity index (χ4v) is 10.7. The summed E-state index contributed by atoms with van der Waals surface area (Å²) in [5, 5.41) is 13.6. The van der Waals surface area contributed by atoms with E-state index in [1.165, 1.54) is 27.7 Å². The minimum Gasteiger partial charge on any atom is -0.379 e. The van der Waals surface area contributed by atoms with Gasteiger partial charge in [0.05, 0.1) is 55.8 Å². The molecule has 8 rings (SSSR count). The molecule has 1 aliphatic heterocycles. The number of nitrogens with zero attached hydrogens (tertiary/aromatic N) is 5. The molecule has 0 bridgehead atoms. The van der Waals surface area contributed by atoms with Gasteiger partial charge in [0.15, 0.2) is 5.71 Å². The van der Waals surface area contributed by atoms with Gasteiger partial charge in [-0.3, -0.25) is 9.35 Å². The lowest BCUT2D eigenvalue weighted by Gasteiger charge is -2.17. The summed E-state index contributed by atoms with van der Waals surface area (Å²) in [6, 6.07) is 33.6. The van der Waals surface area contributed by atoms with Crippen molar-refractivity contribution in [2.24, 2.45) is 5.11 Å². The van der Waals surface area contributed by atoms with E-state index >= 15 is 0 Å². The average Bonchev–Trinajstić information content (AvgIpc) is 3.88. The Kier molecular flexibility index (Phi) is 16.7. The first-order valence-corrected chi connectivity index (χ1v) is 26.0. The summed E-state index contributed by atoms with van der Waals surface area (Å²) in [7, 11) is -4.11. The number of rotatable bonds is 25. The van der Waals surface area contributed by atoms with E-state index in [0.717, 1.165) is 75.1 Å². The molecule has 15 heteroatoms. The maximum Gasteiger partial charge on any atom is 0.264 e. The third-order valence-electron chi connectivity index (χ3n) is 13.1. The van der Waals surface area contributed by atoms with Gasteiger partial charge in [-0.2, -0.15) is 13.0 Å². The Morgan fingerprint density at radius 1 is 0.814 bits per heavy atom. The molecule has 364 valence electrons. The van der Waals surface area contributed by atoms with Gasteiger partial charge in [0.25, 0.3) is 10.1 Å². The number of nitrogens with one attached hydrogen (secondary N) is 1. The smallest absolute Gasteiger partial charge is 0.264 e. The molecule has 13 nitrogen and oxygen atoms in total. The second-order valence-corrected chi connectivity index (χ2v) is 20.0. The van der Waals surface area contributed by atoms with Crippen LogP contribution in [0, 0.1) is 0 Å². The van der Waals surface area contributed by atoms with Gasteiger partial charge in [0.2, 0.25) is 11.6 Å². The first-order chi connectivity index (χ1) is 34.0. The number of allylic oxidation sites excluding steroid dienone is 6. The number of hydrogen-bond donors (Lipinski definition) is 2. The Bertz CT molecular complexity index is 3230. The number of amides is 1. The van der Waals surface area contributed by atoms with Crippen LogP contribution in [0.15, 0.2) is 125 Å². The zero-order valence-corrected chi connectivity index (χ0v) is 41.4. The summed E-state index contributed by atoms with van der Waals surface area (Å²) in [6.07, 6.45) is 11.8. The van der Waals surface area contributed by atoms with Crippen molar-refractivity contribution < 1.29 is 36.6 Å². The maximum atomic E-state index is 12.7. The number of azide groups is 1. The van der Waals surface area contributed by atoms with Crippen LogP contribution in [0.3, 0.4) is 0 Å². The van der Waals surface area contributed by atoms with E-state index in [-0.39, 0.29) is 23.5 Å². The van der Waals surface area contributed by atoms with Crippen LogP contribution in [0.25, 0.3) is 60.1 Å². The molecule has 0 spiro atoms. The van der Waals surface area contributed by atoms with Crippen molar-refractivity contribution in [3.8, 4) is 0 Å². The van der Waals surface area contributed by atoms with Gasteiger partial charge in [0.1, 0.15) is 6.54 Å². The lowest BCUT2D eigenvalue weighted by Crippen LogP contribution is -2.28. The van der Waals surface area contributed by atoms with E-state index in [4.69, 9.17) is 31.3 Å². The van der Waals surface area contributed by atoms with Crippen molar-refractivity contribution in [1.29, 1.82) is 0 Å². The lowest BCUT2D eigenvalue weighted by atomic mass is 9.79. The van der Waals surface area contributed by atoms with Crippen LogP contribution < -0.4 is 10.7 Å². The molecular formula is C55H60ClN6O7S+. The molecule has 0 unspecified atom stereocenters. The minimum absolute atomic E-state index is 0.0114. The average molecular weight is 985 g/mol. The predicted octanol–water partition coefficient (Wildman–Crippen LogP) is 10.4. The Morgan fingerprint density at radius 2 is 1.51 bits per heavy atom. The molecule has 2 aliphatic rings. The van der Waals surface area contributed by atoms with Crippen LogP contribution in [0.4, 0.5) is 5.69 Å². The summed E-state index contributed by atoms with van der Waals surface area (Å²) >= 11 is 7.47. The van der Waals surface area contributed by atoms with Gasteiger partial charge in [-0.25, -0.2) is 0 Å². The van der Waals surface area contributed by atoms with Gasteiger partial charge >= 0.3 is 0 Å². The molecule has 2 heterocycles. The third kappa shape index (κ3) is 11.6.